The van der Waals surface area contributed by atoms with Gasteiger partial charge in [0.15, 0.2) is 0 Å². The van der Waals surface area contributed by atoms with E-state index in [-0.39, 0.29) is 0 Å². The SMILES string of the molecule is C#CCN(CC(=O)O)S(=O)(=O)CCCC(F)(F)F. The molecule has 0 aliphatic carbocycles. The van der Waals surface area contributed by atoms with Crippen LogP contribution in [-0.4, -0.2) is 48.8 Å². The van der Waals surface area contributed by atoms with Crippen LogP contribution >= 0.6 is 0 Å². The third kappa shape index (κ3) is 7.13. The van der Waals surface area contributed by atoms with Gasteiger partial charge in [0, 0.05) is 6.42 Å². The van der Waals surface area contributed by atoms with E-state index >= 15 is 0 Å². The number of carbonyl (C=O) groups is 1. The summed E-state index contributed by atoms with van der Waals surface area (Å²) in [5.74, 6) is -0.269. The van der Waals surface area contributed by atoms with E-state index in [4.69, 9.17) is 11.5 Å². The number of rotatable bonds is 7. The van der Waals surface area contributed by atoms with Gasteiger partial charge in [0.25, 0.3) is 0 Å². The van der Waals surface area contributed by atoms with Gasteiger partial charge < -0.3 is 5.11 Å². The lowest BCUT2D eigenvalue weighted by Gasteiger charge is -2.17. The summed E-state index contributed by atoms with van der Waals surface area (Å²) in [4.78, 5) is 10.4. The lowest BCUT2D eigenvalue weighted by Crippen LogP contribution is -2.37. The van der Waals surface area contributed by atoms with Gasteiger partial charge >= 0.3 is 12.1 Å². The van der Waals surface area contributed by atoms with Crippen molar-refractivity contribution in [1.82, 2.24) is 4.31 Å². The van der Waals surface area contributed by atoms with E-state index in [1.807, 2.05) is 5.92 Å². The first kappa shape index (κ1) is 16.7. The van der Waals surface area contributed by atoms with Gasteiger partial charge in [-0.05, 0) is 6.42 Å². The van der Waals surface area contributed by atoms with Crippen molar-refractivity contribution >= 4 is 16.0 Å². The van der Waals surface area contributed by atoms with Crippen molar-refractivity contribution in [2.45, 2.75) is 19.0 Å². The summed E-state index contributed by atoms with van der Waals surface area (Å²) in [6.45, 7) is -1.35. The fourth-order valence-electron chi connectivity index (χ4n) is 1.09. The van der Waals surface area contributed by atoms with Crippen LogP contribution in [0.3, 0.4) is 0 Å². The molecule has 5 nitrogen and oxygen atoms in total. The Hall–Kier alpha value is -1.27. The first-order valence-electron chi connectivity index (χ1n) is 4.78. The van der Waals surface area contributed by atoms with Gasteiger partial charge in [0.05, 0.1) is 12.3 Å². The lowest BCUT2D eigenvalue weighted by molar-refractivity contribution is -0.137. The van der Waals surface area contributed by atoms with Gasteiger partial charge in [-0.15, -0.1) is 6.42 Å². The third-order valence-corrected chi connectivity index (χ3v) is 3.68. The van der Waals surface area contributed by atoms with Crippen LogP contribution in [0, 0.1) is 12.3 Å². The number of sulfonamides is 1. The molecule has 0 aliphatic rings. The molecule has 1 N–H and O–H groups in total. The molecule has 0 saturated carbocycles. The van der Waals surface area contributed by atoms with Gasteiger partial charge in [-0.25, -0.2) is 8.42 Å². The van der Waals surface area contributed by atoms with Crippen LogP contribution in [-0.2, 0) is 14.8 Å². The zero-order valence-electron chi connectivity index (χ0n) is 9.27. The molecule has 104 valence electrons. The molecule has 0 heterocycles. The molecule has 18 heavy (non-hydrogen) atoms. The smallest absolute Gasteiger partial charge is 0.389 e. The molecule has 0 aromatic rings. The maximum absolute atomic E-state index is 11.9. The number of hydrogen-bond acceptors (Lipinski definition) is 3. The van der Waals surface area contributed by atoms with Crippen LogP contribution < -0.4 is 0 Å². The Labute approximate surface area is 103 Å². The fourth-order valence-corrected chi connectivity index (χ4v) is 2.44. The molecule has 0 rings (SSSR count). The number of aliphatic carboxylic acids is 1. The lowest BCUT2D eigenvalue weighted by atomic mass is 10.3. The molecule has 0 atom stereocenters. The summed E-state index contributed by atoms with van der Waals surface area (Å²) >= 11 is 0. The zero-order valence-corrected chi connectivity index (χ0v) is 10.1. The van der Waals surface area contributed by atoms with Crippen LogP contribution in [0.15, 0.2) is 0 Å². The van der Waals surface area contributed by atoms with E-state index in [0.29, 0.717) is 4.31 Å². The Balaban J connectivity index is 4.57. The monoisotopic (exact) mass is 287 g/mol. The summed E-state index contributed by atoms with van der Waals surface area (Å²) in [5.41, 5.74) is 0. The van der Waals surface area contributed by atoms with Gasteiger partial charge in [0.1, 0.15) is 6.54 Å². The fraction of sp³-hybridized carbons (Fsp3) is 0.667. The summed E-state index contributed by atoms with van der Waals surface area (Å²) in [6.07, 6.45) is -1.45. The summed E-state index contributed by atoms with van der Waals surface area (Å²) in [6, 6.07) is 0. The number of nitrogens with zero attached hydrogens (tertiary/aromatic N) is 1. The van der Waals surface area contributed by atoms with Gasteiger partial charge in [-0.1, -0.05) is 5.92 Å². The Morgan fingerprint density at radius 3 is 2.33 bits per heavy atom. The van der Waals surface area contributed by atoms with Crippen molar-refractivity contribution in [1.29, 1.82) is 0 Å². The second-order valence-corrected chi connectivity index (χ2v) is 5.49. The van der Waals surface area contributed by atoms with Crippen molar-refractivity contribution in [2.75, 3.05) is 18.8 Å². The first-order valence-corrected chi connectivity index (χ1v) is 6.39. The van der Waals surface area contributed by atoms with Gasteiger partial charge in [0.2, 0.25) is 10.0 Å². The minimum Gasteiger partial charge on any atom is -0.480 e. The minimum atomic E-state index is -4.45. The molecule has 0 aliphatic heterocycles. The van der Waals surface area contributed by atoms with Gasteiger partial charge in [-0.2, -0.15) is 17.5 Å². The molecule has 0 aromatic heterocycles. The summed E-state index contributed by atoms with van der Waals surface area (Å²) in [5, 5.41) is 8.47. The van der Waals surface area contributed by atoms with Crippen molar-refractivity contribution in [2.24, 2.45) is 0 Å². The average molecular weight is 287 g/mol. The number of hydrogen-bond donors (Lipinski definition) is 1. The number of alkyl halides is 3. The molecule has 0 fully saturated rings. The third-order valence-electron chi connectivity index (χ3n) is 1.84. The second kappa shape index (κ2) is 6.61. The molecule has 0 saturated heterocycles. The number of carboxylic acids is 1. The number of terminal acetylenes is 1. The molecule has 0 spiro atoms. The molecular weight excluding hydrogens is 275 g/mol. The topological polar surface area (TPSA) is 74.7 Å². The molecule has 0 radical (unpaired) electrons. The van der Waals surface area contributed by atoms with Crippen LogP contribution in [0.5, 0.6) is 0 Å². The number of carboxylic acid groups (broad SMARTS) is 1. The summed E-state index contributed by atoms with van der Waals surface area (Å²) in [7, 11) is -4.09. The van der Waals surface area contributed by atoms with Crippen molar-refractivity contribution < 1.29 is 31.5 Å². The van der Waals surface area contributed by atoms with E-state index in [1.165, 1.54) is 0 Å². The number of halogens is 3. The van der Waals surface area contributed by atoms with Crippen molar-refractivity contribution in [3.05, 3.63) is 0 Å². The van der Waals surface area contributed by atoms with Gasteiger partial charge in [-0.3, -0.25) is 4.79 Å². The zero-order chi connectivity index (χ0) is 14.4. The van der Waals surface area contributed by atoms with E-state index in [0.717, 1.165) is 0 Å². The van der Waals surface area contributed by atoms with Crippen LogP contribution in [0.25, 0.3) is 0 Å². The van der Waals surface area contributed by atoms with Crippen LogP contribution in [0.2, 0.25) is 0 Å². The van der Waals surface area contributed by atoms with Crippen molar-refractivity contribution in [3.8, 4) is 12.3 Å². The van der Waals surface area contributed by atoms with E-state index in [1.54, 1.807) is 0 Å². The molecule has 0 bridgehead atoms. The van der Waals surface area contributed by atoms with Crippen LogP contribution in [0.4, 0.5) is 13.2 Å². The molecule has 0 aromatic carbocycles. The Morgan fingerprint density at radius 1 is 1.39 bits per heavy atom. The normalized spacial score (nSPS) is 12.4. The quantitative estimate of drug-likeness (QED) is 0.699. The highest BCUT2D eigenvalue weighted by molar-refractivity contribution is 7.89. The van der Waals surface area contributed by atoms with E-state index < -0.39 is 53.9 Å². The molecule has 9 heteroatoms. The molecule has 0 amide bonds. The Kier molecular flexibility index (Phi) is 6.14. The average Bonchev–Trinajstić information content (AvgIpc) is 2.13. The Bertz CT molecular complexity index is 424. The van der Waals surface area contributed by atoms with E-state index in [2.05, 4.69) is 0 Å². The molecule has 0 unspecified atom stereocenters. The highest BCUT2D eigenvalue weighted by atomic mass is 32.2. The van der Waals surface area contributed by atoms with Crippen LogP contribution in [0.1, 0.15) is 12.8 Å². The maximum atomic E-state index is 11.9. The predicted octanol–water partition coefficient (Wildman–Crippen LogP) is 0.678. The standard InChI is InChI=1S/C9H12F3NO4S/c1-2-5-13(7-8(14)15)18(16,17)6-3-4-9(10,11)12/h1H,3-7H2,(H,14,15). The molecular formula is C9H12F3NO4S. The largest absolute Gasteiger partial charge is 0.480 e. The maximum Gasteiger partial charge on any atom is 0.389 e. The highest BCUT2D eigenvalue weighted by Gasteiger charge is 2.29. The highest BCUT2D eigenvalue weighted by Crippen LogP contribution is 2.22. The van der Waals surface area contributed by atoms with Crippen molar-refractivity contribution in [3.63, 3.8) is 0 Å². The second-order valence-electron chi connectivity index (χ2n) is 3.40. The minimum absolute atomic E-state index is 0.464. The predicted molar refractivity (Wildman–Crippen MR) is 57.1 cm³/mol. The van der Waals surface area contributed by atoms with E-state index in [9.17, 15) is 26.4 Å². The summed E-state index contributed by atoms with van der Waals surface area (Å²) < 4.78 is 59.1. The first-order chi connectivity index (χ1) is 8.08. The Morgan fingerprint density at radius 2 is 1.94 bits per heavy atom.